The van der Waals surface area contributed by atoms with Crippen LogP contribution in [0, 0.1) is 11.3 Å². The monoisotopic (exact) mass is 389 g/mol. The molecule has 2 heterocycles. The number of hydrogen-bond donors (Lipinski definition) is 1. The molecule has 0 spiro atoms. The smallest absolute Gasteiger partial charge is 0.142 e. The lowest BCUT2D eigenvalue weighted by Gasteiger charge is -2.08. The fourth-order valence-electron chi connectivity index (χ4n) is 2.10. The first-order valence-electron chi connectivity index (χ1n) is 6.31. The van der Waals surface area contributed by atoms with Crippen LogP contribution in [0.2, 0.25) is 5.02 Å². The average Bonchev–Trinajstić information content (AvgIpc) is 2.93. The van der Waals surface area contributed by atoms with Crippen LogP contribution in [-0.2, 0) is 0 Å². The van der Waals surface area contributed by atoms with E-state index in [0.29, 0.717) is 16.3 Å². The van der Waals surface area contributed by atoms with E-state index in [-0.39, 0.29) is 5.82 Å². The molecule has 0 amide bonds. The topological polar surface area (TPSA) is 62.7 Å². The highest BCUT2D eigenvalue weighted by Crippen LogP contribution is 2.36. The first-order valence-corrected chi connectivity index (χ1v) is 8.29. The highest BCUT2D eigenvalue weighted by molar-refractivity contribution is 9.11. The number of rotatable bonds is 2. The van der Waals surface area contributed by atoms with Gasteiger partial charge in [0, 0.05) is 21.0 Å². The summed E-state index contributed by atoms with van der Waals surface area (Å²) in [6, 6.07) is 15.3. The standard InChI is InChI=1S/C16H9BrClN3S/c17-15-6-5-14(22-15)11-7-13(21-16(20)12(11)8-19)9-1-3-10(18)4-2-9/h1-7H,(H2,20,21). The van der Waals surface area contributed by atoms with Gasteiger partial charge in [-0.2, -0.15) is 5.26 Å². The summed E-state index contributed by atoms with van der Waals surface area (Å²) in [5.74, 6) is 0.231. The maximum atomic E-state index is 9.37. The second kappa shape index (κ2) is 6.09. The Morgan fingerprint density at radius 1 is 1.18 bits per heavy atom. The molecule has 3 aromatic rings. The normalized spacial score (nSPS) is 10.4. The Morgan fingerprint density at radius 3 is 2.50 bits per heavy atom. The molecule has 3 nitrogen and oxygen atoms in total. The van der Waals surface area contributed by atoms with Crippen LogP contribution >= 0.6 is 38.9 Å². The maximum Gasteiger partial charge on any atom is 0.142 e. The summed E-state index contributed by atoms with van der Waals surface area (Å²) in [4.78, 5) is 5.31. The Morgan fingerprint density at radius 2 is 1.91 bits per heavy atom. The third-order valence-electron chi connectivity index (χ3n) is 3.14. The minimum absolute atomic E-state index is 0.231. The Balaban J connectivity index is 2.20. The van der Waals surface area contributed by atoms with E-state index in [1.807, 2.05) is 30.3 Å². The number of nitrogens with zero attached hydrogens (tertiary/aromatic N) is 2. The number of nitrogens with two attached hydrogens (primary N) is 1. The average molecular weight is 391 g/mol. The largest absolute Gasteiger partial charge is 0.383 e. The molecule has 3 rings (SSSR count). The van der Waals surface area contributed by atoms with Gasteiger partial charge in [-0.15, -0.1) is 11.3 Å². The molecule has 0 atom stereocenters. The summed E-state index contributed by atoms with van der Waals surface area (Å²) in [7, 11) is 0. The first kappa shape index (κ1) is 15.0. The molecule has 0 radical (unpaired) electrons. The third kappa shape index (κ3) is 2.86. The molecule has 0 aliphatic carbocycles. The molecule has 2 N–H and O–H groups in total. The molecular weight excluding hydrogens is 382 g/mol. The molecule has 6 heteroatoms. The SMILES string of the molecule is N#Cc1c(-c2ccc(Br)s2)cc(-c2ccc(Cl)cc2)nc1N. The zero-order valence-electron chi connectivity index (χ0n) is 11.2. The second-order valence-electron chi connectivity index (χ2n) is 4.54. The van der Waals surface area contributed by atoms with Crippen molar-refractivity contribution in [3.8, 4) is 27.8 Å². The zero-order chi connectivity index (χ0) is 15.7. The van der Waals surface area contributed by atoms with Gasteiger partial charge >= 0.3 is 0 Å². The van der Waals surface area contributed by atoms with Crippen molar-refractivity contribution in [1.29, 1.82) is 5.26 Å². The Hall–Kier alpha value is -1.87. The fourth-order valence-corrected chi connectivity index (χ4v) is 3.64. The van der Waals surface area contributed by atoms with E-state index >= 15 is 0 Å². The number of hydrogen-bond acceptors (Lipinski definition) is 4. The lowest BCUT2D eigenvalue weighted by Crippen LogP contribution is -1.99. The Kier molecular flexibility index (Phi) is 4.16. The molecular formula is C16H9BrClN3S. The van der Waals surface area contributed by atoms with Gasteiger partial charge in [0.1, 0.15) is 17.5 Å². The van der Waals surface area contributed by atoms with Crippen molar-refractivity contribution >= 4 is 44.7 Å². The van der Waals surface area contributed by atoms with E-state index in [4.69, 9.17) is 17.3 Å². The molecule has 0 saturated heterocycles. The Labute approximate surface area is 145 Å². The summed E-state index contributed by atoms with van der Waals surface area (Å²) < 4.78 is 0.995. The van der Waals surface area contributed by atoms with Crippen molar-refractivity contribution < 1.29 is 0 Å². The number of pyridine rings is 1. The molecule has 2 aromatic heterocycles. The summed E-state index contributed by atoms with van der Waals surface area (Å²) in [5, 5.41) is 10.0. The number of nitriles is 1. The summed E-state index contributed by atoms with van der Waals surface area (Å²) in [6.07, 6.45) is 0. The number of halogens is 2. The zero-order valence-corrected chi connectivity index (χ0v) is 14.3. The van der Waals surface area contributed by atoms with Crippen LogP contribution in [0.4, 0.5) is 5.82 Å². The lowest BCUT2D eigenvalue weighted by atomic mass is 10.0. The molecule has 0 fully saturated rings. The van der Waals surface area contributed by atoms with Crippen molar-refractivity contribution in [2.45, 2.75) is 0 Å². The minimum Gasteiger partial charge on any atom is -0.383 e. The lowest BCUT2D eigenvalue weighted by molar-refractivity contribution is 1.31. The van der Waals surface area contributed by atoms with Gasteiger partial charge in [-0.05, 0) is 46.3 Å². The molecule has 1 aromatic carbocycles. The van der Waals surface area contributed by atoms with Gasteiger partial charge in [-0.1, -0.05) is 23.7 Å². The first-order chi connectivity index (χ1) is 10.6. The minimum atomic E-state index is 0.231. The number of aromatic nitrogens is 1. The van der Waals surface area contributed by atoms with Crippen molar-refractivity contribution in [3.05, 3.63) is 56.8 Å². The fraction of sp³-hybridized carbons (Fsp3) is 0. The number of thiophene rings is 1. The van der Waals surface area contributed by atoms with Crippen molar-refractivity contribution in [3.63, 3.8) is 0 Å². The van der Waals surface area contributed by atoms with Crippen LogP contribution in [0.3, 0.4) is 0 Å². The van der Waals surface area contributed by atoms with Crippen LogP contribution in [0.1, 0.15) is 5.56 Å². The highest BCUT2D eigenvalue weighted by Gasteiger charge is 2.14. The van der Waals surface area contributed by atoms with Crippen molar-refractivity contribution in [1.82, 2.24) is 4.98 Å². The predicted molar refractivity (Wildman–Crippen MR) is 94.8 cm³/mol. The quantitative estimate of drug-likeness (QED) is 0.642. The van der Waals surface area contributed by atoms with Gasteiger partial charge in [0.15, 0.2) is 0 Å². The number of anilines is 1. The van der Waals surface area contributed by atoms with Gasteiger partial charge in [0.05, 0.1) is 9.48 Å². The molecule has 0 saturated carbocycles. The third-order valence-corrected chi connectivity index (χ3v) is 5.05. The molecule has 0 unspecified atom stereocenters. The van der Waals surface area contributed by atoms with Crippen LogP contribution in [-0.4, -0.2) is 4.98 Å². The molecule has 0 aliphatic heterocycles. The molecule has 22 heavy (non-hydrogen) atoms. The maximum absolute atomic E-state index is 9.37. The van der Waals surface area contributed by atoms with Crippen molar-refractivity contribution in [2.24, 2.45) is 0 Å². The van der Waals surface area contributed by atoms with Crippen LogP contribution in [0.15, 0.2) is 46.3 Å². The predicted octanol–water partition coefficient (Wildman–Crippen LogP) is 5.35. The van der Waals surface area contributed by atoms with E-state index in [0.717, 1.165) is 19.8 Å². The summed E-state index contributed by atoms with van der Waals surface area (Å²) in [6.45, 7) is 0. The number of benzene rings is 1. The van der Waals surface area contributed by atoms with Crippen molar-refractivity contribution in [2.75, 3.05) is 5.73 Å². The highest BCUT2D eigenvalue weighted by atomic mass is 79.9. The summed E-state index contributed by atoms with van der Waals surface area (Å²) in [5.41, 5.74) is 8.78. The van der Waals surface area contributed by atoms with Crippen LogP contribution < -0.4 is 5.73 Å². The van der Waals surface area contributed by atoms with Gasteiger partial charge < -0.3 is 5.73 Å². The van der Waals surface area contributed by atoms with Gasteiger partial charge in [0.2, 0.25) is 0 Å². The van der Waals surface area contributed by atoms with Gasteiger partial charge in [-0.25, -0.2) is 4.98 Å². The van der Waals surface area contributed by atoms with E-state index in [1.54, 1.807) is 23.5 Å². The van der Waals surface area contributed by atoms with Crippen LogP contribution in [0.5, 0.6) is 0 Å². The second-order valence-corrected chi connectivity index (χ2v) is 7.44. The van der Waals surface area contributed by atoms with Gasteiger partial charge in [0.25, 0.3) is 0 Å². The summed E-state index contributed by atoms with van der Waals surface area (Å²) >= 11 is 10.9. The van der Waals surface area contributed by atoms with E-state index in [1.165, 1.54) is 0 Å². The van der Waals surface area contributed by atoms with E-state index in [9.17, 15) is 5.26 Å². The number of nitrogen functional groups attached to an aromatic ring is 1. The van der Waals surface area contributed by atoms with Crippen LogP contribution in [0.25, 0.3) is 21.7 Å². The van der Waals surface area contributed by atoms with Gasteiger partial charge in [-0.3, -0.25) is 0 Å². The van der Waals surface area contributed by atoms with E-state index < -0.39 is 0 Å². The molecule has 0 bridgehead atoms. The molecule has 0 aliphatic rings. The Bertz CT molecular complexity index is 881. The molecule has 108 valence electrons. The van der Waals surface area contributed by atoms with E-state index in [2.05, 4.69) is 27.0 Å².